The maximum absolute atomic E-state index is 12.4. The molecule has 0 aliphatic rings. The van der Waals surface area contributed by atoms with Gasteiger partial charge >= 0.3 is 23.9 Å². The van der Waals surface area contributed by atoms with Crippen molar-refractivity contribution in [2.45, 2.75) is 19.3 Å². The number of rotatable bonds is 14. The number of aliphatic hydroxyl groups is 1. The number of methoxy groups -OCH3 is 1. The maximum atomic E-state index is 12.4. The highest BCUT2D eigenvalue weighted by Crippen LogP contribution is 2.20. The summed E-state index contributed by atoms with van der Waals surface area (Å²) in [4.78, 5) is 46.9. The summed E-state index contributed by atoms with van der Waals surface area (Å²) in [5, 5.41) is 8.80. The Kier molecular flexibility index (Phi) is 11.6. The van der Waals surface area contributed by atoms with Gasteiger partial charge in [-0.3, -0.25) is 4.79 Å². The predicted molar refractivity (Wildman–Crippen MR) is 131 cm³/mol. The lowest BCUT2D eigenvalue weighted by Gasteiger charge is -2.09. The molecule has 196 valence electrons. The van der Waals surface area contributed by atoms with E-state index < -0.39 is 30.5 Å². The molecule has 2 aromatic rings. The fourth-order valence-corrected chi connectivity index (χ4v) is 2.65. The molecule has 0 aliphatic heterocycles. The molecule has 10 heteroatoms. The van der Waals surface area contributed by atoms with Gasteiger partial charge in [0.05, 0.1) is 44.5 Å². The number of hydrogen-bond donors (Lipinski definition) is 1. The molecule has 0 amide bonds. The van der Waals surface area contributed by atoms with Gasteiger partial charge in [-0.1, -0.05) is 13.2 Å². The summed E-state index contributed by atoms with van der Waals surface area (Å²) in [6.45, 7) is 7.04. The smallest absolute Gasteiger partial charge is 0.343 e. The third kappa shape index (κ3) is 9.98. The van der Waals surface area contributed by atoms with Crippen molar-refractivity contribution < 1.29 is 48.0 Å². The van der Waals surface area contributed by atoms with E-state index in [9.17, 15) is 19.2 Å². The van der Waals surface area contributed by atoms with Crippen LogP contribution in [0.15, 0.2) is 72.8 Å². The van der Waals surface area contributed by atoms with Crippen molar-refractivity contribution in [3.05, 3.63) is 78.4 Å². The van der Waals surface area contributed by atoms with Crippen LogP contribution in [0.1, 0.15) is 29.6 Å². The van der Waals surface area contributed by atoms with Crippen LogP contribution in [0, 0.1) is 0 Å². The highest BCUT2D eigenvalue weighted by Gasteiger charge is 2.15. The van der Waals surface area contributed by atoms with Gasteiger partial charge in [0.25, 0.3) is 0 Å². The van der Waals surface area contributed by atoms with Crippen LogP contribution in [0.5, 0.6) is 17.2 Å². The van der Waals surface area contributed by atoms with Gasteiger partial charge in [-0.2, -0.15) is 0 Å². The summed E-state index contributed by atoms with van der Waals surface area (Å²) < 4.78 is 25.5. The number of ether oxygens (including phenoxy) is 5. The molecule has 2 rings (SSSR count). The third-order valence-corrected chi connectivity index (χ3v) is 4.73. The Labute approximate surface area is 214 Å². The lowest BCUT2D eigenvalue weighted by molar-refractivity contribution is -0.141. The molecule has 0 fully saturated rings. The lowest BCUT2D eigenvalue weighted by atomic mass is 10.2. The van der Waals surface area contributed by atoms with E-state index >= 15 is 0 Å². The minimum Gasteiger partial charge on any atom is -0.494 e. The van der Waals surface area contributed by atoms with Crippen LogP contribution in [0.3, 0.4) is 0 Å². The lowest BCUT2D eigenvalue weighted by Crippen LogP contribution is -2.14. The van der Waals surface area contributed by atoms with Crippen LogP contribution in [0.25, 0.3) is 0 Å². The van der Waals surface area contributed by atoms with E-state index in [2.05, 4.69) is 17.9 Å². The van der Waals surface area contributed by atoms with Gasteiger partial charge in [0.2, 0.25) is 0 Å². The second kappa shape index (κ2) is 14.8. The number of unbranched alkanes of at least 4 members (excludes halogenated alkanes) is 1. The number of carbonyl (C=O) groups is 4. The summed E-state index contributed by atoms with van der Waals surface area (Å²) in [5.74, 6) is -1.57. The zero-order valence-electron chi connectivity index (χ0n) is 20.4. The Morgan fingerprint density at radius 1 is 0.757 bits per heavy atom. The van der Waals surface area contributed by atoms with Gasteiger partial charge in [0.1, 0.15) is 17.2 Å². The number of benzene rings is 2. The molecule has 0 aliphatic carbocycles. The fraction of sp³-hybridized carbons (Fsp3) is 0.259. The fourth-order valence-electron chi connectivity index (χ4n) is 2.65. The predicted octanol–water partition coefficient (Wildman–Crippen LogP) is 3.18. The van der Waals surface area contributed by atoms with E-state index in [0.717, 1.165) is 0 Å². The first-order chi connectivity index (χ1) is 17.7. The molecular formula is C27H28O10. The molecule has 0 atom stereocenters. The zero-order valence-corrected chi connectivity index (χ0v) is 20.4. The molecule has 0 radical (unpaired) electrons. The van der Waals surface area contributed by atoms with Crippen molar-refractivity contribution in [1.29, 1.82) is 0 Å². The summed E-state index contributed by atoms with van der Waals surface area (Å²) >= 11 is 0. The average molecular weight is 513 g/mol. The first kappa shape index (κ1) is 28.8. The van der Waals surface area contributed by atoms with Gasteiger partial charge in [-0.05, 0) is 61.4 Å². The number of carbonyl (C=O) groups excluding carboxylic acids is 4. The Bertz CT molecular complexity index is 1120. The van der Waals surface area contributed by atoms with E-state index in [1.165, 1.54) is 31.4 Å². The first-order valence-corrected chi connectivity index (χ1v) is 11.2. The van der Waals surface area contributed by atoms with Gasteiger partial charge in [-0.15, -0.1) is 0 Å². The van der Waals surface area contributed by atoms with Crippen LogP contribution in [-0.4, -0.2) is 55.9 Å². The highest BCUT2D eigenvalue weighted by atomic mass is 16.5. The second-order valence-corrected chi connectivity index (χ2v) is 7.58. The molecule has 0 bridgehead atoms. The van der Waals surface area contributed by atoms with Gasteiger partial charge in [0.15, 0.2) is 0 Å². The molecule has 0 saturated heterocycles. The summed E-state index contributed by atoms with van der Waals surface area (Å²) in [5.41, 5.74) is 0.182. The van der Waals surface area contributed by atoms with E-state index in [1.54, 1.807) is 24.3 Å². The van der Waals surface area contributed by atoms with E-state index in [1.807, 2.05) is 0 Å². The van der Waals surface area contributed by atoms with Gasteiger partial charge in [0, 0.05) is 5.57 Å². The van der Waals surface area contributed by atoms with Gasteiger partial charge < -0.3 is 28.8 Å². The van der Waals surface area contributed by atoms with Crippen LogP contribution in [0.4, 0.5) is 0 Å². The van der Waals surface area contributed by atoms with Crippen molar-refractivity contribution in [2.24, 2.45) is 0 Å². The normalized spacial score (nSPS) is 10.1. The average Bonchev–Trinajstić information content (AvgIpc) is 2.90. The molecular weight excluding hydrogens is 484 g/mol. The Morgan fingerprint density at radius 2 is 1.32 bits per heavy atom. The molecule has 37 heavy (non-hydrogen) atoms. The summed E-state index contributed by atoms with van der Waals surface area (Å²) in [6.07, 6.45) is 0.935. The van der Waals surface area contributed by atoms with Crippen molar-refractivity contribution in [1.82, 2.24) is 0 Å². The standard InChI is InChI=1S/C27H28O10/c1-18(16-24(29)33-3)26(31)36-22-8-6-20(7-9-22)27(32)37-23-12-10-21(11-13-23)34-14-4-5-15-35-25(30)19(2)17-28/h6-13,28H,1-2,4-5,14-17H2,3H3. The monoisotopic (exact) mass is 512 g/mol. The molecule has 0 saturated carbocycles. The van der Waals surface area contributed by atoms with Crippen LogP contribution >= 0.6 is 0 Å². The quantitative estimate of drug-likeness (QED) is 0.174. The molecule has 0 aromatic heterocycles. The second-order valence-electron chi connectivity index (χ2n) is 7.58. The van der Waals surface area contributed by atoms with Crippen molar-refractivity contribution in [3.63, 3.8) is 0 Å². The molecule has 0 heterocycles. The highest BCUT2D eigenvalue weighted by molar-refractivity contribution is 5.95. The molecule has 10 nitrogen and oxygen atoms in total. The molecule has 0 unspecified atom stereocenters. The van der Waals surface area contributed by atoms with Crippen LogP contribution in [-0.2, 0) is 23.9 Å². The Morgan fingerprint density at radius 3 is 1.95 bits per heavy atom. The Hall–Kier alpha value is -4.44. The van der Waals surface area contributed by atoms with E-state index in [4.69, 9.17) is 24.1 Å². The minimum absolute atomic E-state index is 0.00949. The summed E-state index contributed by atoms with van der Waals surface area (Å²) in [7, 11) is 1.20. The third-order valence-electron chi connectivity index (χ3n) is 4.73. The zero-order chi connectivity index (χ0) is 27.2. The molecule has 2 aromatic carbocycles. The largest absolute Gasteiger partial charge is 0.494 e. The Balaban J connectivity index is 1.75. The topological polar surface area (TPSA) is 135 Å². The van der Waals surface area contributed by atoms with Crippen LogP contribution < -0.4 is 14.2 Å². The van der Waals surface area contributed by atoms with E-state index in [0.29, 0.717) is 30.9 Å². The molecule has 1 N–H and O–H groups in total. The number of aliphatic hydroxyl groups excluding tert-OH is 1. The minimum atomic E-state index is -0.782. The summed E-state index contributed by atoms with van der Waals surface area (Å²) in [6, 6.07) is 12.2. The van der Waals surface area contributed by atoms with Crippen molar-refractivity contribution in [2.75, 3.05) is 26.9 Å². The van der Waals surface area contributed by atoms with Crippen LogP contribution in [0.2, 0.25) is 0 Å². The number of esters is 4. The SMILES string of the molecule is C=C(CO)C(=O)OCCCCOc1ccc(OC(=O)c2ccc(OC(=O)C(=C)CC(=O)OC)cc2)cc1. The molecule has 0 spiro atoms. The number of hydrogen-bond acceptors (Lipinski definition) is 10. The van der Waals surface area contributed by atoms with Crippen molar-refractivity contribution in [3.8, 4) is 17.2 Å². The first-order valence-electron chi connectivity index (χ1n) is 11.2. The van der Waals surface area contributed by atoms with E-state index in [-0.39, 0.29) is 35.5 Å². The maximum Gasteiger partial charge on any atom is 0.343 e. The van der Waals surface area contributed by atoms with Crippen molar-refractivity contribution >= 4 is 23.9 Å². The van der Waals surface area contributed by atoms with Gasteiger partial charge in [-0.25, -0.2) is 14.4 Å².